The summed E-state index contributed by atoms with van der Waals surface area (Å²) in [6.45, 7) is 4.01. The third-order valence-corrected chi connectivity index (χ3v) is 4.12. The molecule has 108 valence electrons. The van der Waals surface area contributed by atoms with Gasteiger partial charge in [-0.3, -0.25) is 9.59 Å². The van der Waals surface area contributed by atoms with E-state index in [1.54, 1.807) is 11.9 Å². The Morgan fingerprint density at radius 3 is 2.53 bits per heavy atom. The highest BCUT2D eigenvalue weighted by Crippen LogP contribution is 2.14. The van der Waals surface area contributed by atoms with Gasteiger partial charge in [0, 0.05) is 26.2 Å². The first-order valence-electron chi connectivity index (χ1n) is 7.36. The molecule has 5 nitrogen and oxygen atoms in total. The molecule has 0 saturated carbocycles. The summed E-state index contributed by atoms with van der Waals surface area (Å²) in [5.41, 5.74) is 0. The molecule has 2 fully saturated rings. The van der Waals surface area contributed by atoms with E-state index in [1.807, 2.05) is 4.90 Å². The predicted octanol–water partition coefficient (Wildman–Crippen LogP) is 0.598. The fraction of sp³-hybridized carbons (Fsp3) is 0.857. The van der Waals surface area contributed by atoms with Crippen LogP contribution in [0.1, 0.15) is 39.0 Å². The molecular weight excluding hydrogens is 242 g/mol. The summed E-state index contributed by atoms with van der Waals surface area (Å²) in [4.78, 5) is 27.7. The highest BCUT2D eigenvalue weighted by molar-refractivity contribution is 5.87. The molecule has 0 aromatic carbocycles. The number of hydrogen-bond donors (Lipinski definition) is 1. The molecule has 2 unspecified atom stereocenters. The first kappa shape index (κ1) is 14.3. The maximum absolute atomic E-state index is 12.3. The van der Waals surface area contributed by atoms with Crippen molar-refractivity contribution in [1.82, 2.24) is 15.1 Å². The van der Waals surface area contributed by atoms with E-state index >= 15 is 0 Å². The molecule has 0 radical (unpaired) electrons. The van der Waals surface area contributed by atoms with Gasteiger partial charge in [0.1, 0.15) is 0 Å². The van der Waals surface area contributed by atoms with Crippen molar-refractivity contribution in [3.63, 3.8) is 0 Å². The lowest BCUT2D eigenvalue weighted by Crippen LogP contribution is -2.52. The molecule has 0 aromatic heterocycles. The lowest BCUT2D eigenvalue weighted by molar-refractivity contribution is -0.140. The van der Waals surface area contributed by atoms with Gasteiger partial charge in [0.05, 0.1) is 12.6 Å². The van der Waals surface area contributed by atoms with E-state index in [9.17, 15) is 9.59 Å². The standard InChI is InChI=1S/C14H25N3O2/c1-11-6-5-7-12(15-11)14(19)16(2)10-13(18)17-8-3-4-9-17/h11-12,15H,3-10H2,1-2H3. The highest BCUT2D eigenvalue weighted by Gasteiger charge is 2.28. The zero-order chi connectivity index (χ0) is 13.8. The van der Waals surface area contributed by atoms with Crippen LogP contribution in [0.4, 0.5) is 0 Å². The van der Waals surface area contributed by atoms with E-state index in [1.165, 1.54) is 0 Å². The van der Waals surface area contributed by atoms with Crippen molar-refractivity contribution in [1.29, 1.82) is 0 Å². The van der Waals surface area contributed by atoms with Gasteiger partial charge in [-0.1, -0.05) is 0 Å². The minimum atomic E-state index is -0.111. The molecule has 2 atom stereocenters. The number of rotatable bonds is 3. The number of nitrogens with zero attached hydrogens (tertiary/aromatic N) is 2. The summed E-state index contributed by atoms with van der Waals surface area (Å²) in [5.74, 6) is 0.135. The monoisotopic (exact) mass is 267 g/mol. The van der Waals surface area contributed by atoms with Crippen LogP contribution in [0.5, 0.6) is 0 Å². The van der Waals surface area contributed by atoms with Crippen LogP contribution in [0.2, 0.25) is 0 Å². The van der Waals surface area contributed by atoms with Gasteiger partial charge in [-0.15, -0.1) is 0 Å². The zero-order valence-corrected chi connectivity index (χ0v) is 12.0. The van der Waals surface area contributed by atoms with Crippen LogP contribution in [0.25, 0.3) is 0 Å². The Hall–Kier alpha value is -1.10. The number of nitrogens with one attached hydrogen (secondary N) is 1. The lowest BCUT2D eigenvalue weighted by atomic mass is 9.99. The van der Waals surface area contributed by atoms with Crippen molar-refractivity contribution in [2.75, 3.05) is 26.7 Å². The number of hydrogen-bond acceptors (Lipinski definition) is 3. The Kier molecular flexibility index (Phi) is 4.80. The molecule has 2 aliphatic rings. The van der Waals surface area contributed by atoms with E-state index in [0.29, 0.717) is 6.04 Å². The minimum Gasteiger partial charge on any atom is -0.341 e. The van der Waals surface area contributed by atoms with Crippen LogP contribution in [0, 0.1) is 0 Å². The summed E-state index contributed by atoms with van der Waals surface area (Å²) >= 11 is 0. The summed E-state index contributed by atoms with van der Waals surface area (Å²) in [7, 11) is 1.73. The average molecular weight is 267 g/mol. The van der Waals surface area contributed by atoms with E-state index in [4.69, 9.17) is 0 Å². The maximum Gasteiger partial charge on any atom is 0.242 e. The minimum absolute atomic E-state index is 0.0547. The molecule has 2 rings (SSSR count). The quantitative estimate of drug-likeness (QED) is 0.814. The fourth-order valence-corrected chi connectivity index (χ4v) is 2.95. The molecule has 19 heavy (non-hydrogen) atoms. The second kappa shape index (κ2) is 6.37. The molecule has 2 aliphatic heterocycles. The average Bonchev–Trinajstić information content (AvgIpc) is 2.91. The van der Waals surface area contributed by atoms with E-state index in [-0.39, 0.29) is 24.4 Å². The summed E-state index contributed by atoms with van der Waals surface area (Å²) in [6.07, 6.45) is 5.26. The van der Waals surface area contributed by atoms with Gasteiger partial charge in [0.15, 0.2) is 0 Å². The second-order valence-corrected chi connectivity index (χ2v) is 5.83. The molecular formula is C14H25N3O2. The predicted molar refractivity (Wildman–Crippen MR) is 73.7 cm³/mol. The van der Waals surface area contributed by atoms with Crippen molar-refractivity contribution in [3.05, 3.63) is 0 Å². The number of likely N-dealkylation sites (N-methyl/N-ethyl adjacent to an activating group) is 1. The number of carbonyl (C=O) groups is 2. The molecule has 0 spiro atoms. The first-order valence-corrected chi connectivity index (χ1v) is 7.36. The Morgan fingerprint density at radius 2 is 1.89 bits per heavy atom. The van der Waals surface area contributed by atoms with Crippen LogP contribution < -0.4 is 5.32 Å². The van der Waals surface area contributed by atoms with Crippen molar-refractivity contribution >= 4 is 11.8 Å². The zero-order valence-electron chi connectivity index (χ0n) is 12.0. The largest absolute Gasteiger partial charge is 0.341 e. The molecule has 0 aromatic rings. The van der Waals surface area contributed by atoms with Gasteiger partial charge in [0.2, 0.25) is 11.8 Å². The smallest absolute Gasteiger partial charge is 0.242 e. The van der Waals surface area contributed by atoms with Gasteiger partial charge in [-0.05, 0) is 39.0 Å². The third kappa shape index (κ3) is 3.69. The van der Waals surface area contributed by atoms with Crippen molar-refractivity contribution in [3.8, 4) is 0 Å². The summed E-state index contributed by atoms with van der Waals surface area (Å²) in [6, 6.07) is 0.283. The maximum atomic E-state index is 12.3. The van der Waals surface area contributed by atoms with Gasteiger partial charge in [-0.2, -0.15) is 0 Å². The lowest BCUT2D eigenvalue weighted by Gasteiger charge is -2.31. The number of amides is 2. The SMILES string of the molecule is CC1CCCC(C(=O)N(C)CC(=O)N2CCCC2)N1. The van der Waals surface area contributed by atoms with Crippen molar-refractivity contribution < 1.29 is 9.59 Å². The number of carbonyl (C=O) groups excluding carboxylic acids is 2. The highest BCUT2D eigenvalue weighted by atomic mass is 16.2. The Balaban J connectivity index is 1.82. The summed E-state index contributed by atoms with van der Waals surface area (Å²) < 4.78 is 0. The fourth-order valence-electron chi connectivity index (χ4n) is 2.95. The molecule has 0 bridgehead atoms. The topological polar surface area (TPSA) is 52.7 Å². The van der Waals surface area contributed by atoms with Gasteiger partial charge in [0.25, 0.3) is 0 Å². The van der Waals surface area contributed by atoms with Crippen LogP contribution in [-0.4, -0.2) is 60.4 Å². The Bertz CT molecular complexity index is 340. The summed E-state index contributed by atoms with van der Waals surface area (Å²) in [5, 5.41) is 3.32. The molecule has 0 aliphatic carbocycles. The number of likely N-dealkylation sites (tertiary alicyclic amines) is 1. The van der Waals surface area contributed by atoms with Crippen molar-refractivity contribution in [2.45, 2.75) is 51.1 Å². The second-order valence-electron chi connectivity index (χ2n) is 5.83. The van der Waals surface area contributed by atoms with Crippen LogP contribution in [-0.2, 0) is 9.59 Å². The van der Waals surface area contributed by atoms with E-state index in [2.05, 4.69) is 12.2 Å². The van der Waals surface area contributed by atoms with Crippen LogP contribution >= 0.6 is 0 Å². The third-order valence-electron chi connectivity index (χ3n) is 4.12. The molecule has 5 heteroatoms. The Morgan fingerprint density at radius 1 is 1.21 bits per heavy atom. The van der Waals surface area contributed by atoms with Gasteiger partial charge >= 0.3 is 0 Å². The van der Waals surface area contributed by atoms with Gasteiger partial charge < -0.3 is 15.1 Å². The normalized spacial score (nSPS) is 27.4. The van der Waals surface area contributed by atoms with E-state index < -0.39 is 0 Å². The number of piperidine rings is 1. The molecule has 2 amide bonds. The van der Waals surface area contributed by atoms with Crippen LogP contribution in [0.3, 0.4) is 0 Å². The molecule has 1 N–H and O–H groups in total. The van der Waals surface area contributed by atoms with Crippen molar-refractivity contribution in [2.24, 2.45) is 0 Å². The Labute approximate surface area is 115 Å². The molecule has 2 heterocycles. The van der Waals surface area contributed by atoms with Crippen LogP contribution in [0.15, 0.2) is 0 Å². The first-order chi connectivity index (χ1) is 9.08. The van der Waals surface area contributed by atoms with E-state index in [0.717, 1.165) is 45.2 Å². The molecule has 2 saturated heterocycles. The van der Waals surface area contributed by atoms with Gasteiger partial charge in [-0.25, -0.2) is 0 Å².